The number of aliphatic imine (C=N–C) groups is 1. The van der Waals surface area contributed by atoms with E-state index in [9.17, 15) is 15.0 Å². The number of carbonyl (C=O) groups is 1. The van der Waals surface area contributed by atoms with Crippen LogP contribution in [-0.4, -0.2) is 84.6 Å². The van der Waals surface area contributed by atoms with Crippen LogP contribution < -0.4 is 20.3 Å². The third-order valence-corrected chi connectivity index (χ3v) is 7.16. The van der Waals surface area contributed by atoms with E-state index in [0.29, 0.717) is 28.4 Å². The molecule has 1 atom stereocenters. The lowest BCUT2D eigenvalue weighted by Crippen LogP contribution is -2.45. The summed E-state index contributed by atoms with van der Waals surface area (Å²) in [6.07, 6.45) is 3.15. The SMILES string of the molecule is CN(C)C(=N)/N=C1\NC(=O)/C(=C/c2ccc(N3CCC(NC[C@H](O)COc4ccc(O)cc4)CC3)cc2)S1. The van der Waals surface area contributed by atoms with Crippen molar-refractivity contribution in [1.82, 2.24) is 15.5 Å². The van der Waals surface area contributed by atoms with Crippen LogP contribution in [0.15, 0.2) is 58.4 Å². The number of aromatic hydroxyl groups is 1. The first kappa shape index (κ1) is 27.5. The number of aliphatic hydroxyl groups excluding tert-OH is 1. The Morgan fingerprint density at radius 2 is 1.92 bits per heavy atom. The van der Waals surface area contributed by atoms with E-state index in [0.717, 1.165) is 37.2 Å². The van der Waals surface area contributed by atoms with E-state index in [1.165, 1.54) is 11.8 Å². The highest BCUT2D eigenvalue weighted by molar-refractivity contribution is 8.18. The topological polar surface area (TPSA) is 134 Å². The summed E-state index contributed by atoms with van der Waals surface area (Å²) in [6, 6.07) is 14.9. The Kier molecular flexibility index (Phi) is 9.27. The molecule has 0 aliphatic carbocycles. The molecule has 38 heavy (non-hydrogen) atoms. The predicted molar refractivity (Wildman–Crippen MR) is 152 cm³/mol. The molecule has 2 aromatic rings. The lowest BCUT2D eigenvalue weighted by molar-refractivity contribution is -0.115. The number of ether oxygens (including phenoxy) is 1. The van der Waals surface area contributed by atoms with Crippen molar-refractivity contribution in [2.24, 2.45) is 4.99 Å². The Morgan fingerprint density at radius 3 is 2.58 bits per heavy atom. The number of carbonyl (C=O) groups excluding carboxylic acids is 1. The Labute approximate surface area is 226 Å². The Hall–Kier alpha value is -3.54. The molecule has 11 heteroatoms. The highest BCUT2D eigenvalue weighted by atomic mass is 32.2. The normalized spacial score (nSPS) is 19.0. The summed E-state index contributed by atoms with van der Waals surface area (Å²) in [5.74, 6) is 0.659. The van der Waals surface area contributed by atoms with Gasteiger partial charge in [0.1, 0.15) is 24.2 Å². The van der Waals surface area contributed by atoms with Gasteiger partial charge in [-0.05, 0) is 72.6 Å². The molecule has 2 aliphatic heterocycles. The molecule has 0 saturated carbocycles. The van der Waals surface area contributed by atoms with E-state index >= 15 is 0 Å². The number of amides is 1. The zero-order valence-electron chi connectivity index (χ0n) is 21.6. The zero-order chi connectivity index (χ0) is 27.1. The molecular weight excluding hydrogens is 504 g/mol. The average molecular weight is 539 g/mol. The van der Waals surface area contributed by atoms with E-state index in [1.807, 2.05) is 18.2 Å². The van der Waals surface area contributed by atoms with Gasteiger partial charge in [0.25, 0.3) is 5.91 Å². The minimum atomic E-state index is -0.619. The fourth-order valence-corrected chi connectivity index (χ4v) is 4.87. The fourth-order valence-electron chi connectivity index (χ4n) is 4.05. The van der Waals surface area contributed by atoms with Gasteiger partial charge < -0.3 is 35.4 Å². The molecule has 0 bridgehead atoms. The van der Waals surface area contributed by atoms with Gasteiger partial charge in [-0.15, -0.1) is 0 Å². The predicted octanol–water partition coefficient (Wildman–Crippen LogP) is 2.45. The van der Waals surface area contributed by atoms with Crippen LogP contribution in [-0.2, 0) is 4.79 Å². The van der Waals surface area contributed by atoms with Gasteiger partial charge >= 0.3 is 0 Å². The molecule has 0 aromatic heterocycles. The smallest absolute Gasteiger partial charge is 0.264 e. The number of aliphatic hydroxyl groups is 1. The van der Waals surface area contributed by atoms with Crippen molar-refractivity contribution in [3.8, 4) is 11.5 Å². The van der Waals surface area contributed by atoms with Crippen molar-refractivity contribution in [3.05, 3.63) is 59.0 Å². The summed E-state index contributed by atoms with van der Waals surface area (Å²) in [5, 5.41) is 33.9. The second kappa shape index (κ2) is 12.8. The fraction of sp³-hybridized carbons (Fsp3) is 0.370. The van der Waals surface area contributed by atoms with Crippen LogP contribution in [0.2, 0.25) is 0 Å². The maximum absolute atomic E-state index is 12.3. The molecule has 10 nitrogen and oxygen atoms in total. The van der Waals surface area contributed by atoms with Gasteiger partial charge in [-0.3, -0.25) is 10.2 Å². The minimum Gasteiger partial charge on any atom is -0.508 e. The van der Waals surface area contributed by atoms with Gasteiger partial charge in [-0.25, -0.2) is 0 Å². The summed E-state index contributed by atoms with van der Waals surface area (Å²) in [4.78, 5) is 20.9. The van der Waals surface area contributed by atoms with Gasteiger partial charge in [-0.2, -0.15) is 4.99 Å². The van der Waals surface area contributed by atoms with E-state index in [4.69, 9.17) is 10.1 Å². The van der Waals surface area contributed by atoms with Gasteiger partial charge in [-0.1, -0.05) is 12.1 Å². The first-order chi connectivity index (χ1) is 18.3. The van der Waals surface area contributed by atoms with Gasteiger partial charge in [0.2, 0.25) is 5.96 Å². The van der Waals surface area contributed by atoms with Gasteiger partial charge in [0, 0.05) is 45.5 Å². The molecule has 4 rings (SSSR count). The number of nitrogens with one attached hydrogen (secondary N) is 3. The Bertz CT molecular complexity index is 1180. The molecular formula is C27H34N6O4S. The minimum absolute atomic E-state index is 0.0770. The van der Waals surface area contributed by atoms with Crippen molar-refractivity contribution in [2.45, 2.75) is 25.0 Å². The maximum Gasteiger partial charge on any atom is 0.264 e. The molecule has 0 unspecified atom stereocenters. The Morgan fingerprint density at radius 1 is 1.24 bits per heavy atom. The highest BCUT2D eigenvalue weighted by Crippen LogP contribution is 2.27. The number of benzene rings is 2. The molecule has 202 valence electrons. The standard InChI is InChI=1S/C27H34N6O4S/c1-32(2)26(28)31-27-30-25(36)24(38-27)15-18-3-5-20(6-4-18)33-13-11-19(12-14-33)29-16-22(35)17-37-23-9-7-21(34)8-10-23/h3-10,15,19,22,29,34-35H,11-14,16-17H2,1-2H3,(H2,28,30,31,36)/b24-15-/t22-/m0/s1. The molecule has 0 spiro atoms. The van der Waals surface area contributed by atoms with Crippen LogP contribution in [0.1, 0.15) is 18.4 Å². The highest BCUT2D eigenvalue weighted by Gasteiger charge is 2.24. The van der Waals surface area contributed by atoms with Gasteiger partial charge in [0.15, 0.2) is 5.17 Å². The van der Waals surface area contributed by atoms with Crippen LogP contribution >= 0.6 is 11.8 Å². The number of phenolic OH excluding ortho intramolecular Hbond substituents is 1. The number of amidine groups is 1. The monoisotopic (exact) mass is 538 g/mol. The number of hydrogen-bond acceptors (Lipinski definition) is 8. The van der Waals surface area contributed by atoms with E-state index in [-0.39, 0.29) is 24.2 Å². The van der Waals surface area contributed by atoms with Crippen LogP contribution in [0, 0.1) is 5.41 Å². The van der Waals surface area contributed by atoms with Crippen molar-refractivity contribution in [3.63, 3.8) is 0 Å². The summed E-state index contributed by atoms with van der Waals surface area (Å²) in [6.45, 7) is 2.47. The first-order valence-electron chi connectivity index (χ1n) is 12.5. The zero-order valence-corrected chi connectivity index (χ0v) is 22.4. The van der Waals surface area contributed by atoms with Crippen molar-refractivity contribution in [2.75, 3.05) is 45.2 Å². The number of thioether (sulfide) groups is 1. The molecule has 2 aromatic carbocycles. The summed E-state index contributed by atoms with van der Waals surface area (Å²) in [7, 11) is 3.46. The lowest BCUT2D eigenvalue weighted by atomic mass is 10.0. The molecule has 2 heterocycles. The molecule has 2 fully saturated rings. The van der Waals surface area contributed by atoms with Crippen molar-refractivity contribution in [1.29, 1.82) is 5.41 Å². The maximum atomic E-state index is 12.3. The van der Waals surface area contributed by atoms with Crippen LogP contribution in [0.5, 0.6) is 11.5 Å². The second-order valence-corrected chi connectivity index (χ2v) is 10.5. The second-order valence-electron chi connectivity index (χ2n) is 9.42. The number of nitrogens with zero attached hydrogens (tertiary/aromatic N) is 3. The summed E-state index contributed by atoms with van der Waals surface area (Å²) < 4.78 is 5.57. The summed E-state index contributed by atoms with van der Waals surface area (Å²) in [5.41, 5.74) is 2.06. The van der Waals surface area contributed by atoms with Crippen LogP contribution in [0.25, 0.3) is 6.08 Å². The lowest BCUT2D eigenvalue weighted by Gasteiger charge is -2.34. The molecule has 1 amide bonds. The quantitative estimate of drug-likeness (QED) is 0.197. The van der Waals surface area contributed by atoms with Crippen LogP contribution in [0.3, 0.4) is 0 Å². The summed E-state index contributed by atoms with van der Waals surface area (Å²) >= 11 is 1.23. The largest absolute Gasteiger partial charge is 0.508 e. The first-order valence-corrected chi connectivity index (χ1v) is 13.3. The van der Waals surface area contributed by atoms with E-state index in [2.05, 4.69) is 32.7 Å². The molecule has 2 aliphatic rings. The molecule has 5 N–H and O–H groups in total. The van der Waals surface area contributed by atoms with Crippen LogP contribution in [0.4, 0.5) is 5.69 Å². The van der Waals surface area contributed by atoms with Crippen molar-refractivity contribution >= 4 is 40.6 Å². The molecule has 2 saturated heterocycles. The number of hydrogen-bond donors (Lipinski definition) is 5. The third kappa shape index (κ3) is 7.73. The molecule has 0 radical (unpaired) electrons. The number of piperidine rings is 1. The number of anilines is 1. The number of rotatable bonds is 8. The number of guanidine groups is 1. The Balaban J connectivity index is 1.21. The van der Waals surface area contributed by atoms with Gasteiger partial charge in [0.05, 0.1) is 4.91 Å². The van der Waals surface area contributed by atoms with E-state index in [1.54, 1.807) is 43.3 Å². The number of phenols is 1. The van der Waals surface area contributed by atoms with E-state index < -0.39 is 6.10 Å². The average Bonchev–Trinajstić information content (AvgIpc) is 3.25. The third-order valence-electron chi connectivity index (χ3n) is 6.25. The van der Waals surface area contributed by atoms with Crippen molar-refractivity contribution < 1.29 is 19.7 Å².